The standard InChI is InChI=1S/C28H36N2O5/c1-4-5-10-19(15-26(31)30-25(18(2)3)16-27(32)33)29-28(34)35-17-24-22-13-8-6-11-20(22)21-12-7-9-14-23(21)24/h6-9,11-14,18-19,24-25H,4-5,10,15-17H2,1-3H3,(H,29,34)(H,30,31)(H,32,33)/t19-,25?/m1/s1. The molecule has 0 aliphatic heterocycles. The Bertz CT molecular complexity index is 990. The second kappa shape index (κ2) is 12.4. The number of amides is 2. The number of rotatable bonds is 12. The predicted molar refractivity (Wildman–Crippen MR) is 135 cm³/mol. The van der Waals surface area contributed by atoms with Crippen LogP contribution in [0.5, 0.6) is 0 Å². The second-order valence-corrected chi connectivity index (χ2v) is 9.53. The third kappa shape index (κ3) is 7.07. The minimum atomic E-state index is -0.955. The summed E-state index contributed by atoms with van der Waals surface area (Å²) >= 11 is 0. The van der Waals surface area contributed by atoms with Crippen molar-refractivity contribution in [2.24, 2.45) is 5.92 Å². The van der Waals surface area contributed by atoms with Crippen molar-refractivity contribution in [2.75, 3.05) is 6.61 Å². The molecule has 0 saturated carbocycles. The molecule has 3 N–H and O–H groups in total. The van der Waals surface area contributed by atoms with Gasteiger partial charge in [0, 0.05) is 24.4 Å². The van der Waals surface area contributed by atoms with E-state index in [0.29, 0.717) is 6.42 Å². The number of hydrogen-bond acceptors (Lipinski definition) is 4. The lowest BCUT2D eigenvalue weighted by Crippen LogP contribution is -2.44. The van der Waals surface area contributed by atoms with Crippen molar-refractivity contribution in [1.29, 1.82) is 0 Å². The highest BCUT2D eigenvalue weighted by molar-refractivity contribution is 5.80. The molecule has 1 aliphatic rings. The van der Waals surface area contributed by atoms with E-state index in [9.17, 15) is 14.4 Å². The molecule has 0 fully saturated rings. The fourth-order valence-corrected chi connectivity index (χ4v) is 4.61. The first-order valence-electron chi connectivity index (χ1n) is 12.4. The number of ether oxygens (including phenoxy) is 1. The summed E-state index contributed by atoms with van der Waals surface area (Å²) in [6, 6.07) is 15.5. The quantitative estimate of drug-likeness (QED) is 0.392. The summed E-state index contributed by atoms with van der Waals surface area (Å²) in [4.78, 5) is 36.5. The topological polar surface area (TPSA) is 105 Å². The van der Waals surface area contributed by atoms with Crippen LogP contribution in [-0.4, -0.2) is 41.8 Å². The van der Waals surface area contributed by atoms with Crippen molar-refractivity contribution in [3.63, 3.8) is 0 Å². The number of carboxylic acids is 1. The molecule has 3 rings (SSSR count). The van der Waals surface area contributed by atoms with Crippen molar-refractivity contribution < 1.29 is 24.2 Å². The zero-order valence-corrected chi connectivity index (χ0v) is 20.8. The molecule has 2 aromatic rings. The van der Waals surface area contributed by atoms with Crippen LogP contribution in [0.25, 0.3) is 11.1 Å². The first-order chi connectivity index (χ1) is 16.8. The predicted octanol–water partition coefficient (Wildman–Crippen LogP) is 5.09. The Kier molecular flexibility index (Phi) is 9.29. The van der Waals surface area contributed by atoms with Gasteiger partial charge >= 0.3 is 12.1 Å². The fraction of sp³-hybridized carbons (Fsp3) is 0.464. The third-order valence-corrected chi connectivity index (χ3v) is 6.55. The van der Waals surface area contributed by atoms with Gasteiger partial charge in [-0.3, -0.25) is 9.59 Å². The Morgan fingerprint density at radius 3 is 2.09 bits per heavy atom. The van der Waals surface area contributed by atoms with E-state index in [2.05, 4.69) is 34.9 Å². The Labute approximate surface area is 207 Å². The van der Waals surface area contributed by atoms with Crippen LogP contribution in [0.4, 0.5) is 4.79 Å². The monoisotopic (exact) mass is 480 g/mol. The minimum absolute atomic E-state index is 0.0146. The Hall–Kier alpha value is -3.35. The summed E-state index contributed by atoms with van der Waals surface area (Å²) in [5.41, 5.74) is 4.61. The molecule has 1 unspecified atom stereocenters. The minimum Gasteiger partial charge on any atom is -0.481 e. The number of alkyl carbamates (subject to hydrolysis) is 1. The van der Waals surface area contributed by atoms with Crippen LogP contribution >= 0.6 is 0 Å². The number of unbranched alkanes of at least 4 members (excludes halogenated alkanes) is 1. The van der Waals surface area contributed by atoms with Gasteiger partial charge in [0.2, 0.25) is 5.91 Å². The first-order valence-corrected chi connectivity index (χ1v) is 12.4. The van der Waals surface area contributed by atoms with E-state index in [4.69, 9.17) is 9.84 Å². The molecule has 2 aromatic carbocycles. The highest BCUT2D eigenvalue weighted by atomic mass is 16.5. The van der Waals surface area contributed by atoms with Crippen molar-refractivity contribution in [3.05, 3.63) is 59.7 Å². The van der Waals surface area contributed by atoms with Crippen LogP contribution in [0.2, 0.25) is 0 Å². The summed E-state index contributed by atoms with van der Waals surface area (Å²) in [5.74, 6) is -1.28. The number of hydrogen-bond donors (Lipinski definition) is 3. The molecule has 188 valence electrons. The summed E-state index contributed by atoms with van der Waals surface area (Å²) in [5, 5.41) is 14.8. The largest absolute Gasteiger partial charge is 0.481 e. The molecule has 7 nitrogen and oxygen atoms in total. The maximum atomic E-state index is 12.7. The molecule has 35 heavy (non-hydrogen) atoms. The van der Waals surface area contributed by atoms with Crippen LogP contribution in [0.3, 0.4) is 0 Å². The number of carboxylic acid groups (broad SMARTS) is 1. The van der Waals surface area contributed by atoms with Gasteiger partial charge in [-0.05, 0) is 34.6 Å². The Morgan fingerprint density at radius 2 is 1.54 bits per heavy atom. The van der Waals surface area contributed by atoms with Crippen molar-refractivity contribution >= 4 is 18.0 Å². The molecule has 0 bridgehead atoms. The van der Waals surface area contributed by atoms with Gasteiger partial charge in [-0.1, -0.05) is 82.1 Å². The number of benzene rings is 2. The lowest BCUT2D eigenvalue weighted by molar-refractivity contribution is -0.138. The first kappa shape index (κ1) is 26.3. The molecular weight excluding hydrogens is 444 g/mol. The van der Waals surface area contributed by atoms with E-state index in [0.717, 1.165) is 35.1 Å². The number of carbonyl (C=O) groups is 3. The zero-order valence-electron chi connectivity index (χ0n) is 20.8. The average Bonchev–Trinajstić information content (AvgIpc) is 3.14. The van der Waals surface area contributed by atoms with E-state index < -0.39 is 18.1 Å². The van der Waals surface area contributed by atoms with Crippen LogP contribution in [0.1, 0.15) is 69.9 Å². The van der Waals surface area contributed by atoms with Crippen LogP contribution in [-0.2, 0) is 14.3 Å². The number of carbonyl (C=O) groups excluding carboxylic acids is 2. The average molecular weight is 481 g/mol. The molecule has 0 radical (unpaired) electrons. The molecule has 0 aromatic heterocycles. The lowest BCUT2D eigenvalue weighted by atomic mass is 9.98. The van der Waals surface area contributed by atoms with E-state index >= 15 is 0 Å². The smallest absolute Gasteiger partial charge is 0.407 e. The third-order valence-electron chi connectivity index (χ3n) is 6.55. The zero-order chi connectivity index (χ0) is 25.4. The van der Waals surface area contributed by atoms with Gasteiger partial charge in [0.25, 0.3) is 0 Å². The molecule has 2 amide bonds. The highest BCUT2D eigenvalue weighted by Crippen LogP contribution is 2.44. The van der Waals surface area contributed by atoms with Crippen LogP contribution in [0.15, 0.2) is 48.5 Å². The van der Waals surface area contributed by atoms with E-state index in [1.165, 1.54) is 0 Å². The van der Waals surface area contributed by atoms with E-state index in [1.807, 2.05) is 45.0 Å². The molecule has 0 heterocycles. The number of nitrogens with one attached hydrogen (secondary N) is 2. The van der Waals surface area contributed by atoms with Crippen LogP contribution in [0, 0.1) is 5.92 Å². The highest BCUT2D eigenvalue weighted by Gasteiger charge is 2.29. The lowest BCUT2D eigenvalue weighted by Gasteiger charge is -2.23. The molecule has 2 atom stereocenters. The summed E-state index contributed by atoms with van der Waals surface area (Å²) in [6.45, 7) is 6.00. The van der Waals surface area contributed by atoms with Crippen molar-refractivity contribution in [1.82, 2.24) is 10.6 Å². The Balaban J connectivity index is 1.60. The van der Waals surface area contributed by atoms with Crippen molar-refractivity contribution in [3.8, 4) is 11.1 Å². The van der Waals surface area contributed by atoms with Gasteiger partial charge in [0.05, 0.1) is 6.42 Å². The van der Waals surface area contributed by atoms with Crippen molar-refractivity contribution in [2.45, 2.75) is 70.9 Å². The van der Waals surface area contributed by atoms with Gasteiger partial charge in [0.1, 0.15) is 6.61 Å². The molecular formula is C28H36N2O5. The van der Waals surface area contributed by atoms with Crippen LogP contribution < -0.4 is 10.6 Å². The molecule has 0 saturated heterocycles. The van der Waals surface area contributed by atoms with Gasteiger partial charge < -0.3 is 20.5 Å². The number of aliphatic carboxylic acids is 1. The maximum Gasteiger partial charge on any atom is 0.407 e. The fourth-order valence-electron chi connectivity index (χ4n) is 4.61. The van der Waals surface area contributed by atoms with Gasteiger partial charge in [-0.2, -0.15) is 0 Å². The SMILES string of the molecule is CCCC[C@H](CC(=O)NC(CC(=O)O)C(C)C)NC(=O)OCC1c2ccccc2-c2ccccc21. The van der Waals surface area contributed by atoms with E-state index in [1.54, 1.807) is 0 Å². The summed E-state index contributed by atoms with van der Waals surface area (Å²) in [7, 11) is 0. The van der Waals surface area contributed by atoms with E-state index in [-0.39, 0.29) is 43.2 Å². The van der Waals surface area contributed by atoms with Gasteiger partial charge in [-0.15, -0.1) is 0 Å². The Morgan fingerprint density at radius 1 is 0.943 bits per heavy atom. The summed E-state index contributed by atoms with van der Waals surface area (Å²) in [6.07, 6.45) is 1.81. The number of fused-ring (bicyclic) bond motifs is 3. The molecule has 0 spiro atoms. The molecule has 7 heteroatoms. The van der Waals surface area contributed by atoms with Gasteiger partial charge in [-0.25, -0.2) is 4.79 Å². The summed E-state index contributed by atoms with van der Waals surface area (Å²) < 4.78 is 5.64. The second-order valence-electron chi connectivity index (χ2n) is 9.53. The van der Waals surface area contributed by atoms with Gasteiger partial charge in [0.15, 0.2) is 0 Å². The normalized spacial score (nSPS) is 14.1. The maximum absolute atomic E-state index is 12.7. The molecule has 1 aliphatic carbocycles.